The highest BCUT2D eigenvalue weighted by Crippen LogP contribution is 2.15. The van der Waals surface area contributed by atoms with E-state index >= 15 is 0 Å². The van der Waals surface area contributed by atoms with Crippen LogP contribution in [0.25, 0.3) is 0 Å². The van der Waals surface area contributed by atoms with Crippen LogP contribution in [-0.2, 0) is 21.3 Å². The van der Waals surface area contributed by atoms with Gasteiger partial charge in [0.1, 0.15) is 0 Å². The van der Waals surface area contributed by atoms with Gasteiger partial charge >= 0.3 is 0 Å². The van der Waals surface area contributed by atoms with Crippen molar-refractivity contribution in [2.75, 3.05) is 33.9 Å². The summed E-state index contributed by atoms with van der Waals surface area (Å²) in [5.74, 6) is 0.687. The Kier molecular flexibility index (Phi) is 5.75. The normalized spacial score (nSPS) is 17.3. The maximum atomic E-state index is 12.0. The van der Waals surface area contributed by atoms with Crippen molar-refractivity contribution in [3.8, 4) is 0 Å². The molecule has 0 aliphatic carbocycles. The third-order valence-corrected chi connectivity index (χ3v) is 5.63. The zero-order valence-electron chi connectivity index (χ0n) is 12.7. The van der Waals surface area contributed by atoms with Gasteiger partial charge in [-0.2, -0.15) is 0 Å². The Labute approximate surface area is 127 Å². The number of hydrogen-bond donors (Lipinski definition) is 1. The van der Waals surface area contributed by atoms with E-state index in [4.69, 9.17) is 4.74 Å². The highest BCUT2D eigenvalue weighted by Gasteiger charge is 2.16. The second-order valence-corrected chi connectivity index (χ2v) is 7.77. The molecule has 0 unspecified atom stereocenters. The molecule has 2 rings (SSSR count). The van der Waals surface area contributed by atoms with Crippen LogP contribution in [0.5, 0.6) is 0 Å². The summed E-state index contributed by atoms with van der Waals surface area (Å²) < 4.78 is 30.5. The van der Waals surface area contributed by atoms with Crippen LogP contribution in [0.4, 0.5) is 0 Å². The van der Waals surface area contributed by atoms with Crippen molar-refractivity contribution in [1.29, 1.82) is 0 Å². The first-order chi connectivity index (χ1) is 10.00. The van der Waals surface area contributed by atoms with Gasteiger partial charge in [0.25, 0.3) is 0 Å². The van der Waals surface area contributed by atoms with Gasteiger partial charge in [-0.05, 0) is 43.0 Å². The van der Waals surface area contributed by atoms with Crippen LogP contribution in [0.15, 0.2) is 29.2 Å². The fourth-order valence-corrected chi connectivity index (χ4v) is 3.26. The average molecular weight is 312 g/mol. The van der Waals surface area contributed by atoms with Crippen LogP contribution in [0.1, 0.15) is 18.4 Å². The Balaban J connectivity index is 1.85. The second kappa shape index (κ2) is 7.35. The van der Waals surface area contributed by atoms with E-state index < -0.39 is 10.0 Å². The topological polar surface area (TPSA) is 58.6 Å². The van der Waals surface area contributed by atoms with Crippen molar-refractivity contribution < 1.29 is 13.2 Å². The smallest absolute Gasteiger partial charge is 0.242 e. The molecule has 118 valence electrons. The lowest BCUT2D eigenvalue weighted by atomic mass is 10.0. The number of hydrogen-bond acceptors (Lipinski definition) is 4. The van der Waals surface area contributed by atoms with Crippen molar-refractivity contribution in [2.24, 2.45) is 5.92 Å². The Hall–Kier alpha value is -0.950. The van der Waals surface area contributed by atoms with Gasteiger partial charge < -0.3 is 10.1 Å². The van der Waals surface area contributed by atoms with Crippen LogP contribution in [0.2, 0.25) is 0 Å². The molecule has 1 aromatic rings. The molecule has 0 atom stereocenters. The molecule has 0 bridgehead atoms. The molecule has 0 spiro atoms. The average Bonchev–Trinajstić information content (AvgIpc) is 2.49. The Morgan fingerprint density at radius 1 is 1.19 bits per heavy atom. The molecular formula is C15H24N2O3S. The molecule has 0 amide bonds. The Morgan fingerprint density at radius 3 is 2.38 bits per heavy atom. The standard InChI is InChI=1S/C15H24N2O3S/c1-17(2)21(18,19)15-5-3-13(4-6-15)11-16-12-14-7-9-20-10-8-14/h3-6,14,16H,7-12H2,1-2H3. The first-order valence-corrected chi connectivity index (χ1v) is 8.74. The van der Waals surface area contributed by atoms with Crippen molar-refractivity contribution in [1.82, 2.24) is 9.62 Å². The van der Waals surface area contributed by atoms with Crippen LogP contribution >= 0.6 is 0 Å². The summed E-state index contributed by atoms with van der Waals surface area (Å²) >= 11 is 0. The van der Waals surface area contributed by atoms with Gasteiger partial charge in [-0.1, -0.05) is 12.1 Å². The quantitative estimate of drug-likeness (QED) is 0.864. The zero-order chi connectivity index (χ0) is 15.3. The summed E-state index contributed by atoms with van der Waals surface area (Å²) in [5.41, 5.74) is 1.10. The molecule has 21 heavy (non-hydrogen) atoms. The molecular weight excluding hydrogens is 288 g/mol. The highest BCUT2D eigenvalue weighted by atomic mass is 32.2. The van der Waals surface area contributed by atoms with E-state index in [0.29, 0.717) is 10.8 Å². The van der Waals surface area contributed by atoms with Crippen LogP contribution in [0.3, 0.4) is 0 Å². The number of sulfonamides is 1. The lowest BCUT2D eigenvalue weighted by molar-refractivity contribution is 0.0662. The van der Waals surface area contributed by atoms with Crippen molar-refractivity contribution in [3.63, 3.8) is 0 Å². The largest absolute Gasteiger partial charge is 0.381 e. The molecule has 0 aromatic heterocycles. The fourth-order valence-electron chi connectivity index (χ4n) is 2.36. The van der Waals surface area contributed by atoms with Crippen LogP contribution in [0, 0.1) is 5.92 Å². The monoisotopic (exact) mass is 312 g/mol. The summed E-state index contributed by atoms with van der Waals surface area (Å²) in [6.07, 6.45) is 2.24. The number of benzene rings is 1. The van der Waals surface area contributed by atoms with E-state index in [9.17, 15) is 8.42 Å². The summed E-state index contributed by atoms with van der Waals surface area (Å²) in [4.78, 5) is 0.334. The van der Waals surface area contributed by atoms with E-state index in [2.05, 4.69) is 5.32 Å². The predicted octanol–water partition coefficient (Wildman–Crippen LogP) is 1.45. The van der Waals surface area contributed by atoms with Crippen molar-refractivity contribution >= 4 is 10.0 Å². The summed E-state index contributed by atoms with van der Waals surface area (Å²) in [5, 5.41) is 3.44. The van der Waals surface area contributed by atoms with Gasteiger partial charge in [0.15, 0.2) is 0 Å². The van der Waals surface area contributed by atoms with Crippen molar-refractivity contribution in [3.05, 3.63) is 29.8 Å². The van der Waals surface area contributed by atoms with Gasteiger partial charge in [-0.15, -0.1) is 0 Å². The Bertz CT molecular complexity index is 535. The minimum absolute atomic E-state index is 0.334. The van der Waals surface area contributed by atoms with E-state index in [0.717, 1.165) is 44.7 Å². The molecule has 1 aliphatic rings. The van der Waals surface area contributed by atoms with E-state index in [1.54, 1.807) is 26.2 Å². The van der Waals surface area contributed by atoms with Gasteiger partial charge in [0, 0.05) is 33.9 Å². The molecule has 6 heteroatoms. The van der Waals surface area contributed by atoms with Gasteiger partial charge in [-0.3, -0.25) is 0 Å². The van der Waals surface area contributed by atoms with Crippen LogP contribution in [-0.4, -0.2) is 46.6 Å². The van der Waals surface area contributed by atoms with Gasteiger partial charge in [0.05, 0.1) is 4.90 Å². The maximum Gasteiger partial charge on any atom is 0.242 e. The number of nitrogens with one attached hydrogen (secondary N) is 1. The number of rotatable bonds is 6. The molecule has 1 aliphatic heterocycles. The molecule has 1 fully saturated rings. The predicted molar refractivity (Wildman–Crippen MR) is 82.6 cm³/mol. The molecule has 5 nitrogen and oxygen atoms in total. The van der Waals surface area contributed by atoms with Gasteiger partial charge in [-0.25, -0.2) is 12.7 Å². The molecule has 0 saturated carbocycles. The SMILES string of the molecule is CN(C)S(=O)(=O)c1ccc(CNCC2CCOCC2)cc1. The molecule has 1 aromatic carbocycles. The minimum atomic E-state index is -3.33. The minimum Gasteiger partial charge on any atom is -0.381 e. The van der Waals surface area contributed by atoms with E-state index in [-0.39, 0.29) is 0 Å². The summed E-state index contributed by atoms with van der Waals surface area (Å²) in [7, 11) is -0.252. The third-order valence-electron chi connectivity index (χ3n) is 3.80. The number of ether oxygens (including phenoxy) is 1. The maximum absolute atomic E-state index is 12.0. The fraction of sp³-hybridized carbons (Fsp3) is 0.600. The first kappa shape index (κ1) is 16.4. The lowest BCUT2D eigenvalue weighted by Crippen LogP contribution is -2.27. The molecule has 0 radical (unpaired) electrons. The second-order valence-electron chi connectivity index (χ2n) is 5.62. The summed E-state index contributed by atoms with van der Waals surface area (Å²) in [6.45, 7) is 3.48. The van der Waals surface area contributed by atoms with E-state index in [1.165, 1.54) is 4.31 Å². The van der Waals surface area contributed by atoms with Crippen LogP contribution < -0.4 is 5.32 Å². The first-order valence-electron chi connectivity index (χ1n) is 7.30. The van der Waals surface area contributed by atoms with Crippen molar-refractivity contribution in [2.45, 2.75) is 24.3 Å². The molecule has 1 N–H and O–H groups in total. The van der Waals surface area contributed by atoms with Gasteiger partial charge in [0.2, 0.25) is 10.0 Å². The van der Waals surface area contributed by atoms with E-state index in [1.807, 2.05) is 12.1 Å². The lowest BCUT2D eigenvalue weighted by Gasteiger charge is -2.22. The Morgan fingerprint density at radius 2 is 1.81 bits per heavy atom. The third kappa shape index (κ3) is 4.51. The zero-order valence-corrected chi connectivity index (χ0v) is 13.5. The molecule has 1 saturated heterocycles. The number of nitrogens with zero attached hydrogens (tertiary/aromatic N) is 1. The molecule has 1 heterocycles. The summed E-state index contributed by atoms with van der Waals surface area (Å²) in [6, 6.07) is 7.07. The highest BCUT2D eigenvalue weighted by molar-refractivity contribution is 7.89.